The second kappa shape index (κ2) is 5.95. The summed E-state index contributed by atoms with van der Waals surface area (Å²) in [6, 6.07) is -0.420. The molecule has 2 rings (SSSR count). The van der Waals surface area contributed by atoms with E-state index in [2.05, 4.69) is 12.2 Å². The zero-order chi connectivity index (χ0) is 15.8. The largest absolute Gasteiger partial charge is 0.373 e. The molecule has 0 aromatic carbocycles. The normalized spacial score (nSPS) is 37.2. The van der Waals surface area contributed by atoms with E-state index >= 15 is 0 Å². The van der Waals surface area contributed by atoms with Gasteiger partial charge in [0.2, 0.25) is 11.8 Å². The highest BCUT2D eigenvalue weighted by atomic mass is 16.5. The molecule has 0 radical (unpaired) electrons. The quantitative estimate of drug-likeness (QED) is 0.859. The summed E-state index contributed by atoms with van der Waals surface area (Å²) in [5, 5.41) is 2.90. The fourth-order valence-electron chi connectivity index (χ4n) is 3.21. The van der Waals surface area contributed by atoms with Crippen molar-refractivity contribution in [1.82, 2.24) is 10.2 Å². The van der Waals surface area contributed by atoms with Gasteiger partial charge >= 0.3 is 0 Å². The first-order valence-electron chi connectivity index (χ1n) is 8.07. The van der Waals surface area contributed by atoms with Crippen LogP contribution in [0.5, 0.6) is 0 Å². The van der Waals surface area contributed by atoms with Crippen LogP contribution in [-0.4, -0.2) is 47.0 Å². The van der Waals surface area contributed by atoms with E-state index in [1.54, 1.807) is 4.90 Å². The van der Waals surface area contributed by atoms with Gasteiger partial charge < -0.3 is 15.0 Å². The first kappa shape index (κ1) is 16.3. The van der Waals surface area contributed by atoms with Crippen LogP contribution in [0.1, 0.15) is 53.9 Å². The molecule has 0 spiro atoms. The number of hydrogen-bond acceptors (Lipinski definition) is 3. The minimum Gasteiger partial charge on any atom is -0.373 e. The number of nitrogens with one attached hydrogen (secondary N) is 1. The summed E-state index contributed by atoms with van der Waals surface area (Å²) >= 11 is 0. The molecule has 0 bridgehead atoms. The Labute approximate surface area is 127 Å². The SMILES string of the molecule is CCC1(C)C(=O)NC(C(C)C)C(=O)N1CC1CCC(C)O1. The van der Waals surface area contributed by atoms with E-state index in [0.717, 1.165) is 12.8 Å². The Kier molecular flexibility index (Phi) is 4.61. The highest BCUT2D eigenvalue weighted by Crippen LogP contribution is 2.30. The highest BCUT2D eigenvalue weighted by Gasteiger charge is 2.49. The Hall–Kier alpha value is -1.10. The van der Waals surface area contributed by atoms with Gasteiger partial charge in [-0.3, -0.25) is 9.59 Å². The summed E-state index contributed by atoms with van der Waals surface area (Å²) in [5.74, 6) is 0.0697. The van der Waals surface area contributed by atoms with Crippen LogP contribution < -0.4 is 5.32 Å². The van der Waals surface area contributed by atoms with Crippen LogP contribution in [0.25, 0.3) is 0 Å². The Morgan fingerprint density at radius 1 is 1.38 bits per heavy atom. The minimum absolute atomic E-state index is 0.0251. The maximum absolute atomic E-state index is 12.8. The summed E-state index contributed by atoms with van der Waals surface area (Å²) in [4.78, 5) is 27.1. The molecule has 120 valence electrons. The summed E-state index contributed by atoms with van der Waals surface area (Å²) in [6.45, 7) is 10.3. The van der Waals surface area contributed by atoms with Gasteiger partial charge in [0, 0.05) is 6.54 Å². The van der Waals surface area contributed by atoms with E-state index in [1.165, 1.54) is 0 Å². The van der Waals surface area contributed by atoms with Crippen molar-refractivity contribution < 1.29 is 14.3 Å². The lowest BCUT2D eigenvalue weighted by molar-refractivity contribution is -0.160. The standard InChI is InChI=1S/C16H28N2O3/c1-6-16(5)15(20)17-13(10(2)3)14(19)18(16)9-12-8-7-11(4)21-12/h10-13H,6-9H2,1-5H3,(H,17,20). The van der Waals surface area contributed by atoms with Crippen molar-refractivity contribution in [3.63, 3.8) is 0 Å². The van der Waals surface area contributed by atoms with Gasteiger partial charge in [-0.05, 0) is 39.0 Å². The van der Waals surface area contributed by atoms with Crippen molar-refractivity contribution in [2.24, 2.45) is 5.92 Å². The molecular formula is C16H28N2O3. The molecular weight excluding hydrogens is 268 g/mol. The van der Waals surface area contributed by atoms with Gasteiger partial charge in [0.05, 0.1) is 12.2 Å². The molecule has 5 heteroatoms. The number of piperazine rings is 1. The summed E-state index contributed by atoms with van der Waals surface area (Å²) < 4.78 is 5.86. The van der Waals surface area contributed by atoms with Crippen LogP contribution in [0.4, 0.5) is 0 Å². The first-order valence-corrected chi connectivity index (χ1v) is 8.07. The third kappa shape index (κ3) is 2.93. The molecule has 2 heterocycles. The third-order valence-corrected chi connectivity index (χ3v) is 4.96. The molecule has 2 amide bonds. The number of amides is 2. The van der Waals surface area contributed by atoms with Crippen molar-refractivity contribution in [3.05, 3.63) is 0 Å². The average molecular weight is 296 g/mol. The number of carbonyl (C=O) groups is 2. The monoisotopic (exact) mass is 296 g/mol. The lowest BCUT2D eigenvalue weighted by Gasteiger charge is -2.47. The zero-order valence-corrected chi connectivity index (χ0v) is 13.8. The van der Waals surface area contributed by atoms with Crippen LogP contribution >= 0.6 is 0 Å². The van der Waals surface area contributed by atoms with Crippen LogP contribution in [-0.2, 0) is 14.3 Å². The van der Waals surface area contributed by atoms with Crippen molar-refractivity contribution in [3.8, 4) is 0 Å². The molecule has 2 aliphatic heterocycles. The lowest BCUT2D eigenvalue weighted by Crippen LogP contribution is -2.71. The predicted octanol–water partition coefficient (Wildman–Crippen LogP) is 1.71. The predicted molar refractivity (Wildman–Crippen MR) is 80.7 cm³/mol. The second-order valence-corrected chi connectivity index (χ2v) is 6.92. The van der Waals surface area contributed by atoms with Crippen molar-refractivity contribution in [2.75, 3.05) is 6.54 Å². The molecule has 4 atom stereocenters. The Morgan fingerprint density at radius 3 is 2.52 bits per heavy atom. The summed E-state index contributed by atoms with van der Waals surface area (Å²) in [7, 11) is 0. The van der Waals surface area contributed by atoms with Gasteiger partial charge in [-0.1, -0.05) is 20.8 Å². The Morgan fingerprint density at radius 2 is 2.05 bits per heavy atom. The fraction of sp³-hybridized carbons (Fsp3) is 0.875. The Balaban J connectivity index is 2.22. The van der Waals surface area contributed by atoms with Gasteiger partial charge in [-0.2, -0.15) is 0 Å². The number of hydrogen-bond donors (Lipinski definition) is 1. The molecule has 0 aliphatic carbocycles. The molecule has 2 aliphatic rings. The van der Waals surface area contributed by atoms with E-state index in [9.17, 15) is 9.59 Å². The van der Waals surface area contributed by atoms with Crippen LogP contribution in [0, 0.1) is 5.92 Å². The Bertz CT molecular complexity index is 424. The smallest absolute Gasteiger partial charge is 0.246 e. The van der Waals surface area contributed by atoms with E-state index in [-0.39, 0.29) is 29.9 Å². The van der Waals surface area contributed by atoms with Gasteiger partial charge in [-0.25, -0.2) is 0 Å². The number of rotatable bonds is 4. The molecule has 0 saturated carbocycles. The first-order chi connectivity index (χ1) is 9.79. The maximum Gasteiger partial charge on any atom is 0.246 e. The molecule has 2 fully saturated rings. The molecule has 0 aromatic heterocycles. The maximum atomic E-state index is 12.8. The molecule has 5 nitrogen and oxygen atoms in total. The van der Waals surface area contributed by atoms with E-state index in [4.69, 9.17) is 4.74 Å². The van der Waals surface area contributed by atoms with Gasteiger partial charge in [-0.15, -0.1) is 0 Å². The van der Waals surface area contributed by atoms with E-state index < -0.39 is 11.6 Å². The average Bonchev–Trinajstić information content (AvgIpc) is 2.84. The second-order valence-electron chi connectivity index (χ2n) is 6.92. The fourth-order valence-corrected chi connectivity index (χ4v) is 3.21. The molecule has 1 N–H and O–H groups in total. The summed E-state index contributed by atoms with van der Waals surface area (Å²) in [5.41, 5.74) is -0.766. The van der Waals surface area contributed by atoms with Crippen LogP contribution in [0.15, 0.2) is 0 Å². The van der Waals surface area contributed by atoms with Gasteiger partial charge in [0.1, 0.15) is 11.6 Å². The highest BCUT2D eigenvalue weighted by molar-refractivity contribution is 5.99. The number of carbonyl (C=O) groups excluding carboxylic acids is 2. The van der Waals surface area contributed by atoms with Crippen molar-refractivity contribution >= 4 is 11.8 Å². The van der Waals surface area contributed by atoms with E-state index in [0.29, 0.717) is 13.0 Å². The third-order valence-electron chi connectivity index (χ3n) is 4.96. The van der Waals surface area contributed by atoms with Crippen LogP contribution in [0.2, 0.25) is 0 Å². The topological polar surface area (TPSA) is 58.6 Å². The number of nitrogens with zero attached hydrogens (tertiary/aromatic N) is 1. The van der Waals surface area contributed by atoms with Crippen molar-refractivity contribution in [1.29, 1.82) is 0 Å². The molecule has 4 unspecified atom stereocenters. The summed E-state index contributed by atoms with van der Waals surface area (Å²) in [6.07, 6.45) is 2.89. The van der Waals surface area contributed by atoms with Gasteiger partial charge in [0.25, 0.3) is 0 Å². The lowest BCUT2D eigenvalue weighted by atomic mass is 9.87. The van der Waals surface area contributed by atoms with Crippen LogP contribution in [0.3, 0.4) is 0 Å². The van der Waals surface area contributed by atoms with E-state index in [1.807, 2.05) is 27.7 Å². The van der Waals surface area contributed by atoms with Crippen molar-refractivity contribution in [2.45, 2.75) is 77.7 Å². The number of ether oxygens (including phenoxy) is 1. The zero-order valence-electron chi connectivity index (χ0n) is 13.8. The minimum atomic E-state index is -0.766. The molecule has 21 heavy (non-hydrogen) atoms. The molecule has 0 aromatic rings. The molecule has 2 saturated heterocycles. The van der Waals surface area contributed by atoms with Gasteiger partial charge in [0.15, 0.2) is 0 Å².